The molecule has 0 saturated carbocycles. The first-order valence-electron chi connectivity index (χ1n) is 6.81. The highest BCUT2D eigenvalue weighted by Gasteiger charge is 2.21. The second kappa shape index (κ2) is 6.22. The molecule has 1 atom stereocenters. The van der Waals surface area contributed by atoms with Gasteiger partial charge in [-0.3, -0.25) is 0 Å². The number of nitrogen functional groups attached to an aromatic ring is 1. The minimum atomic E-state index is 0.423. The van der Waals surface area contributed by atoms with Gasteiger partial charge in [0.05, 0.1) is 5.69 Å². The van der Waals surface area contributed by atoms with Crippen molar-refractivity contribution in [2.75, 3.05) is 24.1 Å². The standard InChI is InChI=1S/C15H16BrClN4/c16-21-8-7-11(9-21)10-1-3-12(4-2-10)19-15-13(18)5-6-14(17)20-15/h1-6,11H,7-9,18H2,(H,19,20). The third kappa shape index (κ3) is 3.48. The summed E-state index contributed by atoms with van der Waals surface area (Å²) in [5.74, 6) is 1.18. The van der Waals surface area contributed by atoms with Crippen LogP contribution >= 0.6 is 27.7 Å². The number of anilines is 3. The highest BCUT2D eigenvalue weighted by Crippen LogP contribution is 2.30. The van der Waals surface area contributed by atoms with E-state index in [4.69, 9.17) is 17.3 Å². The summed E-state index contributed by atoms with van der Waals surface area (Å²) in [4.78, 5) is 4.19. The lowest BCUT2D eigenvalue weighted by molar-refractivity contribution is 0.595. The smallest absolute Gasteiger partial charge is 0.155 e. The number of benzene rings is 1. The number of pyridine rings is 1. The van der Waals surface area contributed by atoms with E-state index in [0.29, 0.717) is 22.6 Å². The average Bonchev–Trinajstić information content (AvgIpc) is 2.90. The van der Waals surface area contributed by atoms with Gasteiger partial charge in [0.25, 0.3) is 0 Å². The van der Waals surface area contributed by atoms with E-state index in [9.17, 15) is 0 Å². The molecule has 2 aromatic rings. The maximum absolute atomic E-state index is 5.89. The van der Waals surface area contributed by atoms with Crippen molar-refractivity contribution >= 4 is 44.9 Å². The highest BCUT2D eigenvalue weighted by atomic mass is 79.9. The molecule has 1 saturated heterocycles. The van der Waals surface area contributed by atoms with Crippen molar-refractivity contribution in [1.29, 1.82) is 0 Å². The number of hydrogen-bond donors (Lipinski definition) is 2. The maximum atomic E-state index is 5.89. The van der Waals surface area contributed by atoms with Crippen molar-refractivity contribution in [3.63, 3.8) is 0 Å². The van der Waals surface area contributed by atoms with Crippen LogP contribution in [0.2, 0.25) is 5.15 Å². The summed E-state index contributed by atoms with van der Waals surface area (Å²) in [7, 11) is 0. The number of aromatic nitrogens is 1. The number of halogens is 2. The van der Waals surface area contributed by atoms with Crippen molar-refractivity contribution < 1.29 is 0 Å². The minimum absolute atomic E-state index is 0.423. The Morgan fingerprint density at radius 1 is 1.24 bits per heavy atom. The topological polar surface area (TPSA) is 54.2 Å². The molecule has 3 N–H and O–H groups in total. The number of nitrogens with one attached hydrogen (secondary N) is 1. The minimum Gasteiger partial charge on any atom is -0.396 e. The van der Waals surface area contributed by atoms with E-state index in [1.807, 2.05) is 12.1 Å². The van der Waals surface area contributed by atoms with E-state index < -0.39 is 0 Å². The first kappa shape index (κ1) is 14.6. The number of hydrogen-bond acceptors (Lipinski definition) is 4. The second-order valence-corrected chi connectivity index (χ2v) is 6.56. The quantitative estimate of drug-likeness (QED) is 0.632. The van der Waals surface area contributed by atoms with E-state index in [2.05, 4.69) is 42.5 Å². The zero-order valence-corrected chi connectivity index (χ0v) is 13.7. The van der Waals surface area contributed by atoms with Gasteiger partial charge in [0.15, 0.2) is 5.82 Å². The van der Waals surface area contributed by atoms with E-state index in [0.717, 1.165) is 18.8 Å². The molecule has 1 aromatic carbocycles. The lowest BCUT2D eigenvalue weighted by Gasteiger charge is -2.12. The SMILES string of the molecule is Nc1ccc(Cl)nc1Nc1ccc(C2CCN(Br)C2)cc1. The Morgan fingerprint density at radius 2 is 2.00 bits per heavy atom. The first-order valence-corrected chi connectivity index (χ1v) is 7.90. The lowest BCUT2D eigenvalue weighted by atomic mass is 9.98. The van der Waals surface area contributed by atoms with E-state index in [1.165, 1.54) is 12.0 Å². The fraction of sp³-hybridized carbons (Fsp3) is 0.267. The molecule has 2 heterocycles. The monoisotopic (exact) mass is 366 g/mol. The van der Waals surface area contributed by atoms with Crippen LogP contribution in [0.5, 0.6) is 0 Å². The predicted octanol–water partition coefficient (Wildman–Crippen LogP) is 4.16. The summed E-state index contributed by atoms with van der Waals surface area (Å²) in [6, 6.07) is 11.8. The zero-order valence-electron chi connectivity index (χ0n) is 11.4. The molecule has 0 amide bonds. The van der Waals surface area contributed by atoms with Gasteiger partial charge in [-0.25, -0.2) is 8.91 Å². The summed E-state index contributed by atoms with van der Waals surface area (Å²) >= 11 is 9.43. The number of rotatable bonds is 3. The molecular weight excluding hydrogens is 352 g/mol. The molecule has 21 heavy (non-hydrogen) atoms. The summed E-state index contributed by atoms with van der Waals surface area (Å²) in [5.41, 5.74) is 8.77. The van der Waals surface area contributed by atoms with Gasteiger partial charge >= 0.3 is 0 Å². The Balaban J connectivity index is 1.74. The molecule has 4 nitrogen and oxygen atoms in total. The van der Waals surface area contributed by atoms with E-state index >= 15 is 0 Å². The van der Waals surface area contributed by atoms with Crippen LogP contribution in [-0.2, 0) is 0 Å². The molecule has 1 aliphatic heterocycles. The Hall–Kier alpha value is -1.30. The van der Waals surface area contributed by atoms with Crippen LogP contribution < -0.4 is 11.1 Å². The molecule has 6 heteroatoms. The van der Waals surface area contributed by atoms with Gasteiger partial charge in [0.2, 0.25) is 0 Å². The number of nitrogens with two attached hydrogens (primary N) is 1. The van der Waals surface area contributed by atoms with Crippen LogP contribution in [0.1, 0.15) is 17.9 Å². The summed E-state index contributed by atoms with van der Waals surface area (Å²) in [6.07, 6.45) is 1.18. The zero-order chi connectivity index (χ0) is 14.8. The normalized spacial score (nSPS) is 18.9. The molecule has 0 aliphatic carbocycles. The van der Waals surface area contributed by atoms with Crippen molar-refractivity contribution in [3.8, 4) is 0 Å². The van der Waals surface area contributed by atoms with Gasteiger partial charge in [-0.2, -0.15) is 0 Å². The van der Waals surface area contributed by atoms with Crippen LogP contribution in [0, 0.1) is 0 Å². The fourth-order valence-electron chi connectivity index (χ4n) is 2.51. The molecule has 3 rings (SSSR count). The third-order valence-electron chi connectivity index (χ3n) is 3.68. The van der Waals surface area contributed by atoms with Gasteiger partial charge in [0.1, 0.15) is 5.15 Å². The highest BCUT2D eigenvalue weighted by molar-refractivity contribution is 9.07. The molecule has 0 spiro atoms. The van der Waals surface area contributed by atoms with Crippen LogP contribution in [0.15, 0.2) is 36.4 Å². The predicted molar refractivity (Wildman–Crippen MR) is 91.2 cm³/mol. The molecule has 110 valence electrons. The van der Waals surface area contributed by atoms with Gasteiger partial charge in [-0.1, -0.05) is 23.7 Å². The number of nitrogens with zero attached hydrogens (tertiary/aromatic N) is 2. The van der Waals surface area contributed by atoms with Crippen molar-refractivity contribution in [2.45, 2.75) is 12.3 Å². The fourth-order valence-corrected chi connectivity index (χ4v) is 3.21. The van der Waals surface area contributed by atoms with Crippen molar-refractivity contribution in [3.05, 3.63) is 47.1 Å². The molecular formula is C15H16BrClN4. The molecule has 1 unspecified atom stereocenters. The third-order valence-corrected chi connectivity index (χ3v) is 4.53. The van der Waals surface area contributed by atoms with Crippen LogP contribution in [0.4, 0.5) is 17.2 Å². The Morgan fingerprint density at radius 3 is 2.67 bits per heavy atom. The largest absolute Gasteiger partial charge is 0.396 e. The summed E-state index contributed by atoms with van der Waals surface area (Å²) in [5, 5.41) is 3.62. The first-order chi connectivity index (χ1) is 10.1. The second-order valence-electron chi connectivity index (χ2n) is 5.17. The Labute approximate surface area is 137 Å². The lowest BCUT2D eigenvalue weighted by Crippen LogP contribution is -2.06. The molecule has 1 aromatic heterocycles. The van der Waals surface area contributed by atoms with Crippen LogP contribution in [-0.4, -0.2) is 22.0 Å². The summed E-state index contributed by atoms with van der Waals surface area (Å²) < 4.78 is 2.18. The van der Waals surface area contributed by atoms with Crippen LogP contribution in [0.3, 0.4) is 0 Å². The van der Waals surface area contributed by atoms with Gasteiger partial charge in [-0.15, -0.1) is 0 Å². The van der Waals surface area contributed by atoms with Gasteiger partial charge < -0.3 is 11.1 Å². The maximum Gasteiger partial charge on any atom is 0.155 e. The van der Waals surface area contributed by atoms with Crippen molar-refractivity contribution in [1.82, 2.24) is 8.91 Å². The van der Waals surface area contributed by atoms with E-state index in [1.54, 1.807) is 12.1 Å². The van der Waals surface area contributed by atoms with Crippen LogP contribution in [0.25, 0.3) is 0 Å². The summed E-state index contributed by atoms with van der Waals surface area (Å²) in [6.45, 7) is 2.14. The van der Waals surface area contributed by atoms with Gasteiger partial charge in [0, 0.05) is 34.9 Å². The molecule has 0 bridgehead atoms. The molecule has 1 fully saturated rings. The molecule has 0 radical (unpaired) electrons. The Kier molecular flexibility index (Phi) is 4.33. The van der Waals surface area contributed by atoms with Gasteiger partial charge in [-0.05, 0) is 42.2 Å². The van der Waals surface area contributed by atoms with Crippen molar-refractivity contribution in [2.24, 2.45) is 0 Å². The molecule has 1 aliphatic rings. The Bertz CT molecular complexity index is 632. The van der Waals surface area contributed by atoms with E-state index in [-0.39, 0.29) is 0 Å². The average molecular weight is 368 g/mol.